The van der Waals surface area contributed by atoms with E-state index in [9.17, 15) is 9.59 Å². The average Bonchev–Trinajstić information content (AvgIpc) is 3.39. The van der Waals surface area contributed by atoms with Crippen molar-refractivity contribution < 1.29 is 18.7 Å². The number of fused-ring (bicyclic) bond motifs is 2. The third kappa shape index (κ3) is 4.79. The minimum absolute atomic E-state index is 0.109. The number of ether oxygens (including phenoxy) is 2. The van der Waals surface area contributed by atoms with E-state index >= 15 is 0 Å². The summed E-state index contributed by atoms with van der Waals surface area (Å²) in [5.41, 5.74) is 4.27. The van der Waals surface area contributed by atoms with Crippen molar-refractivity contribution in [1.82, 2.24) is 14.9 Å². The number of aromatic amines is 1. The number of methoxy groups -OCH3 is 1. The summed E-state index contributed by atoms with van der Waals surface area (Å²) in [7, 11) is 1.61. The number of imidazole rings is 1. The van der Waals surface area contributed by atoms with Crippen molar-refractivity contribution in [2.45, 2.75) is 32.7 Å². The second kappa shape index (κ2) is 10.4. The molecule has 0 unspecified atom stereocenters. The number of carbonyl (C=O) groups is 1. The first kappa shape index (κ1) is 25.6. The lowest BCUT2D eigenvalue weighted by Gasteiger charge is -2.35. The summed E-state index contributed by atoms with van der Waals surface area (Å²) in [5.74, 6) is 0.932. The SMILES string of the molecule is C=C(C)COc1cc2oc(=O)c(CC(=O)N3CCc4[nH]cnc4[C@H]3c3ccc(OC)cc3)c(C)c2cc1Cl. The van der Waals surface area contributed by atoms with Crippen LogP contribution in [0.25, 0.3) is 11.0 Å². The Labute approximate surface area is 224 Å². The Hall–Kier alpha value is -4.04. The van der Waals surface area contributed by atoms with E-state index in [1.807, 2.05) is 31.2 Å². The van der Waals surface area contributed by atoms with Crippen LogP contribution in [0.1, 0.15) is 41.0 Å². The predicted octanol–water partition coefficient (Wildman–Crippen LogP) is 5.16. The molecule has 0 spiro atoms. The minimum Gasteiger partial charge on any atom is -0.497 e. The summed E-state index contributed by atoms with van der Waals surface area (Å²) in [5, 5.41) is 1.04. The van der Waals surface area contributed by atoms with Gasteiger partial charge in [-0.05, 0) is 48.7 Å². The van der Waals surface area contributed by atoms with Crippen LogP contribution >= 0.6 is 11.6 Å². The van der Waals surface area contributed by atoms with E-state index in [2.05, 4.69) is 16.5 Å². The van der Waals surface area contributed by atoms with Gasteiger partial charge in [0.1, 0.15) is 29.7 Å². The summed E-state index contributed by atoms with van der Waals surface area (Å²) < 4.78 is 16.6. The van der Waals surface area contributed by atoms with Crippen LogP contribution in [0, 0.1) is 6.92 Å². The lowest BCUT2D eigenvalue weighted by molar-refractivity contribution is -0.132. The lowest BCUT2D eigenvalue weighted by Crippen LogP contribution is -2.42. The van der Waals surface area contributed by atoms with Gasteiger partial charge in [-0.2, -0.15) is 0 Å². The summed E-state index contributed by atoms with van der Waals surface area (Å²) >= 11 is 6.46. The summed E-state index contributed by atoms with van der Waals surface area (Å²) in [6.45, 7) is 8.25. The second-order valence-corrected chi connectivity index (χ2v) is 9.88. The third-order valence-corrected chi connectivity index (χ3v) is 7.11. The highest BCUT2D eigenvalue weighted by Gasteiger charge is 2.34. The number of nitrogens with one attached hydrogen (secondary N) is 1. The van der Waals surface area contributed by atoms with Crippen molar-refractivity contribution >= 4 is 28.5 Å². The molecule has 2 aromatic heterocycles. The Balaban J connectivity index is 1.48. The van der Waals surface area contributed by atoms with E-state index in [4.69, 9.17) is 25.5 Å². The van der Waals surface area contributed by atoms with Gasteiger partial charge in [-0.25, -0.2) is 9.78 Å². The van der Waals surface area contributed by atoms with Gasteiger partial charge in [0.25, 0.3) is 0 Å². The molecule has 38 heavy (non-hydrogen) atoms. The number of rotatable bonds is 7. The molecule has 0 bridgehead atoms. The molecular weight excluding hydrogens is 506 g/mol. The van der Waals surface area contributed by atoms with Crippen LogP contribution in [-0.4, -0.2) is 41.0 Å². The van der Waals surface area contributed by atoms with Crippen molar-refractivity contribution in [3.05, 3.63) is 98.4 Å². The van der Waals surface area contributed by atoms with Gasteiger partial charge < -0.3 is 23.8 Å². The maximum atomic E-state index is 13.7. The Bertz CT molecular complexity index is 1590. The molecule has 8 nitrogen and oxygen atoms in total. The fourth-order valence-corrected chi connectivity index (χ4v) is 5.05. The number of aromatic nitrogens is 2. The third-order valence-electron chi connectivity index (χ3n) is 6.82. The van der Waals surface area contributed by atoms with Gasteiger partial charge >= 0.3 is 5.63 Å². The number of amides is 1. The predicted molar refractivity (Wildman–Crippen MR) is 145 cm³/mol. The highest BCUT2D eigenvalue weighted by molar-refractivity contribution is 6.32. The molecule has 4 aromatic rings. The Kier molecular flexibility index (Phi) is 6.99. The number of hydrogen-bond donors (Lipinski definition) is 1. The molecular formula is C29H28ClN3O5. The van der Waals surface area contributed by atoms with Crippen molar-refractivity contribution in [3.8, 4) is 11.5 Å². The van der Waals surface area contributed by atoms with E-state index < -0.39 is 11.7 Å². The van der Waals surface area contributed by atoms with E-state index in [0.717, 1.165) is 28.3 Å². The van der Waals surface area contributed by atoms with Crippen LogP contribution in [0.3, 0.4) is 0 Å². The largest absolute Gasteiger partial charge is 0.497 e. The number of H-pyrrole nitrogens is 1. The zero-order chi connectivity index (χ0) is 27.0. The fourth-order valence-electron chi connectivity index (χ4n) is 4.83. The number of nitrogens with zero attached hydrogens (tertiary/aromatic N) is 2. The van der Waals surface area contributed by atoms with Crippen LogP contribution in [-0.2, 0) is 17.6 Å². The molecule has 1 aliphatic heterocycles. The molecule has 1 amide bonds. The first-order valence-electron chi connectivity index (χ1n) is 12.3. The zero-order valence-corrected chi connectivity index (χ0v) is 22.2. The maximum absolute atomic E-state index is 13.7. The van der Waals surface area contributed by atoms with E-state index in [0.29, 0.717) is 52.4 Å². The maximum Gasteiger partial charge on any atom is 0.340 e. The Morgan fingerprint density at radius 2 is 2.05 bits per heavy atom. The molecule has 2 aromatic carbocycles. The number of carbonyl (C=O) groups excluding carboxylic acids is 1. The molecule has 1 aliphatic rings. The van der Waals surface area contributed by atoms with E-state index in [1.165, 1.54) is 0 Å². The Morgan fingerprint density at radius 3 is 2.76 bits per heavy atom. The van der Waals surface area contributed by atoms with Crippen molar-refractivity contribution in [2.24, 2.45) is 0 Å². The van der Waals surface area contributed by atoms with Gasteiger partial charge in [0, 0.05) is 30.1 Å². The second-order valence-electron chi connectivity index (χ2n) is 9.47. The molecule has 0 saturated carbocycles. The number of hydrogen-bond acceptors (Lipinski definition) is 6. The van der Waals surface area contributed by atoms with Crippen LogP contribution in [0.4, 0.5) is 0 Å². The first-order chi connectivity index (χ1) is 18.3. The number of benzene rings is 2. The van der Waals surface area contributed by atoms with Crippen LogP contribution < -0.4 is 15.1 Å². The van der Waals surface area contributed by atoms with Gasteiger partial charge in [-0.3, -0.25) is 4.79 Å². The quantitative estimate of drug-likeness (QED) is 0.260. The molecule has 0 radical (unpaired) electrons. The topological polar surface area (TPSA) is 97.7 Å². The molecule has 0 fully saturated rings. The average molecular weight is 534 g/mol. The summed E-state index contributed by atoms with van der Waals surface area (Å²) in [4.78, 5) is 36.3. The van der Waals surface area contributed by atoms with Gasteiger partial charge in [0.15, 0.2) is 0 Å². The molecule has 0 saturated heterocycles. The molecule has 3 heterocycles. The van der Waals surface area contributed by atoms with Crippen molar-refractivity contribution in [2.75, 3.05) is 20.3 Å². The molecule has 1 atom stereocenters. The Morgan fingerprint density at radius 1 is 1.29 bits per heavy atom. The highest BCUT2D eigenvalue weighted by Crippen LogP contribution is 2.36. The molecule has 0 aliphatic carbocycles. The van der Waals surface area contributed by atoms with Crippen molar-refractivity contribution in [3.63, 3.8) is 0 Å². The van der Waals surface area contributed by atoms with E-state index in [-0.39, 0.29) is 12.3 Å². The summed E-state index contributed by atoms with van der Waals surface area (Å²) in [6.07, 6.45) is 2.18. The normalized spacial score (nSPS) is 14.8. The first-order valence-corrected chi connectivity index (χ1v) is 12.6. The molecule has 5 rings (SSSR count). The van der Waals surface area contributed by atoms with Crippen molar-refractivity contribution in [1.29, 1.82) is 0 Å². The number of aryl methyl sites for hydroxylation is 1. The van der Waals surface area contributed by atoms with Gasteiger partial charge in [0.05, 0.1) is 36.1 Å². The van der Waals surface area contributed by atoms with Gasteiger partial charge in [0.2, 0.25) is 5.91 Å². The van der Waals surface area contributed by atoms with Crippen LogP contribution in [0.5, 0.6) is 11.5 Å². The van der Waals surface area contributed by atoms with Gasteiger partial charge in [-0.1, -0.05) is 30.3 Å². The fraction of sp³-hybridized carbons (Fsp3) is 0.276. The zero-order valence-electron chi connectivity index (χ0n) is 21.5. The smallest absolute Gasteiger partial charge is 0.340 e. The minimum atomic E-state index is -0.560. The molecule has 9 heteroatoms. The highest BCUT2D eigenvalue weighted by atomic mass is 35.5. The monoisotopic (exact) mass is 533 g/mol. The molecule has 196 valence electrons. The van der Waals surface area contributed by atoms with Crippen LogP contribution in [0.2, 0.25) is 5.02 Å². The summed E-state index contributed by atoms with van der Waals surface area (Å²) in [6, 6.07) is 10.5. The lowest BCUT2D eigenvalue weighted by atomic mass is 9.94. The molecule has 1 N–H and O–H groups in total. The number of halogens is 1. The standard InChI is InChI=1S/C29H28ClN3O5/c1-16(2)14-37-25-13-24-20(11-22(25)30)17(3)21(29(35)38-24)12-26(34)33-10-9-23-27(32-15-31-23)28(33)18-5-7-19(36-4)8-6-18/h5-8,11,13,15,28H,1,9-10,12,14H2,2-4H3,(H,31,32)/t28-/m1/s1. The van der Waals surface area contributed by atoms with E-state index in [1.54, 1.807) is 37.4 Å². The van der Waals surface area contributed by atoms with Crippen LogP contribution in [0.15, 0.2) is 64.1 Å². The van der Waals surface area contributed by atoms with Gasteiger partial charge in [-0.15, -0.1) is 0 Å².